The van der Waals surface area contributed by atoms with Gasteiger partial charge < -0.3 is 20.1 Å². The van der Waals surface area contributed by atoms with Crippen LogP contribution in [0.15, 0.2) is 23.2 Å². The quantitative estimate of drug-likeness (QED) is 0.560. The Morgan fingerprint density at radius 2 is 2.07 bits per heavy atom. The summed E-state index contributed by atoms with van der Waals surface area (Å²) in [5.41, 5.74) is 1.06. The van der Waals surface area contributed by atoms with E-state index < -0.39 is 0 Å². The third kappa shape index (κ3) is 4.52. The zero-order valence-electron chi connectivity index (χ0n) is 18.1. The third-order valence-corrected chi connectivity index (χ3v) is 5.83. The predicted octanol–water partition coefficient (Wildman–Crippen LogP) is 3.12. The van der Waals surface area contributed by atoms with Gasteiger partial charge in [-0.2, -0.15) is 5.10 Å². The molecule has 0 spiro atoms. The first kappa shape index (κ1) is 20.5. The molecule has 1 aliphatic carbocycles. The minimum atomic E-state index is 0.102. The minimum Gasteiger partial charge on any atom is -0.493 e. The number of aliphatic imine (C=N–C) groups is 1. The highest BCUT2D eigenvalue weighted by Crippen LogP contribution is 2.34. The number of hydrogen-bond donors (Lipinski definition) is 2. The van der Waals surface area contributed by atoms with Crippen LogP contribution in [0.2, 0.25) is 0 Å². The molecule has 0 amide bonds. The van der Waals surface area contributed by atoms with Crippen LogP contribution >= 0.6 is 0 Å². The number of fused-ring (bicyclic) bond motifs is 1. The molecule has 1 atom stereocenters. The third-order valence-electron chi connectivity index (χ3n) is 5.83. The van der Waals surface area contributed by atoms with Crippen LogP contribution in [0.1, 0.15) is 61.8 Å². The van der Waals surface area contributed by atoms with E-state index in [1.54, 1.807) is 14.2 Å². The van der Waals surface area contributed by atoms with Crippen molar-refractivity contribution in [2.24, 2.45) is 4.99 Å². The molecule has 1 fully saturated rings. The van der Waals surface area contributed by atoms with Crippen LogP contribution in [0.25, 0.3) is 0 Å². The van der Waals surface area contributed by atoms with Crippen molar-refractivity contribution in [2.45, 2.75) is 70.7 Å². The summed E-state index contributed by atoms with van der Waals surface area (Å²) in [6.45, 7) is 3.45. The van der Waals surface area contributed by atoms with Crippen LogP contribution in [0, 0.1) is 6.92 Å². The topological polar surface area (TPSA) is 85.6 Å². The SMILES string of the molecule is CN=C(NCc1cccc(OC)c1OC1CCCC1)NC1CCCn2nc(C)nc21. The molecule has 1 aromatic carbocycles. The van der Waals surface area contributed by atoms with Crippen molar-refractivity contribution < 1.29 is 9.47 Å². The molecule has 1 aromatic heterocycles. The molecular formula is C22H32N6O2. The first-order chi connectivity index (χ1) is 14.7. The molecule has 162 valence electrons. The second-order valence-corrected chi connectivity index (χ2v) is 7.98. The van der Waals surface area contributed by atoms with Gasteiger partial charge >= 0.3 is 0 Å². The molecule has 8 heteroatoms. The van der Waals surface area contributed by atoms with Gasteiger partial charge in [0.15, 0.2) is 17.5 Å². The second-order valence-electron chi connectivity index (χ2n) is 7.98. The van der Waals surface area contributed by atoms with Crippen LogP contribution in [0.5, 0.6) is 11.5 Å². The van der Waals surface area contributed by atoms with Gasteiger partial charge in [0.1, 0.15) is 11.6 Å². The Hall–Kier alpha value is -2.77. The summed E-state index contributed by atoms with van der Waals surface area (Å²) in [5.74, 6) is 4.15. The normalized spacial score (nSPS) is 19.4. The number of hydrogen-bond acceptors (Lipinski definition) is 5. The fourth-order valence-electron chi connectivity index (χ4n) is 4.31. The average Bonchev–Trinajstić information content (AvgIpc) is 3.40. The van der Waals surface area contributed by atoms with E-state index in [-0.39, 0.29) is 12.1 Å². The number of aromatic nitrogens is 3. The zero-order valence-corrected chi connectivity index (χ0v) is 18.1. The summed E-state index contributed by atoms with van der Waals surface area (Å²) in [4.78, 5) is 9.02. The van der Waals surface area contributed by atoms with Crippen LogP contribution in [0.4, 0.5) is 0 Å². The number of nitrogens with zero attached hydrogens (tertiary/aromatic N) is 4. The summed E-state index contributed by atoms with van der Waals surface area (Å²) in [5, 5.41) is 11.4. The number of ether oxygens (including phenoxy) is 2. The molecule has 0 bridgehead atoms. The maximum Gasteiger partial charge on any atom is 0.191 e. The van der Waals surface area contributed by atoms with E-state index in [1.807, 2.05) is 23.7 Å². The van der Waals surface area contributed by atoms with E-state index in [0.717, 1.165) is 66.9 Å². The Balaban J connectivity index is 1.44. The summed E-state index contributed by atoms with van der Waals surface area (Å²) in [7, 11) is 3.48. The van der Waals surface area contributed by atoms with Crippen molar-refractivity contribution in [1.29, 1.82) is 0 Å². The van der Waals surface area contributed by atoms with Crippen LogP contribution in [0.3, 0.4) is 0 Å². The van der Waals surface area contributed by atoms with Crippen LogP contribution < -0.4 is 20.1 Å². The molecule has 1 unspecified atom stereocenters. The van der Waals surface area contributed by atoms with Crippen LogP contribution in [-0.2, 0) is 13.1 Å². The van der Waals surface area contributed by atoms with Gasteiger partial charge in [-0.15, -0.1) is 0 Å². The maximum atomic E-state index is 6.35. The zero-order chi connectivity index (χ0) is 20.9. The van der Waals surface area contributed by atoms with E-state index in [2.05, 4.69) is 31.8 Å². The molecule has 4 rings (SSSR count). The number of methoxy groups -OCH3 is 1. The number of guanidine groups is 1. The van der Waals surface area contributed by atoms with Crippen molar-refractivity contribution in [1.82, 2.24) is 25.4 Å². The van der Waals surface area contributed by atoms with Crippen LogP contribution in [-0.4, -0.2) is 41.0 Å². The minimum absolute atomic E-state index is 0.102. The lowest BCUT2D eigenvalue weighted by Crippen LogP contribution is -2.41. The molecule has 1 saturated carbocycles. The molecule has 2 heterocycles. The standard InChI is InChI=1S/C22H32N6O2/c1-15-25-21-18(11-7-13-28(21)27-15)26-22(23-2)24-14-16-8-6-12-19(29-3)20(16)30-17-9-4-5-10-17/h6,8,12,17-18H,4-5,7,9-11,13-14H2,1-3H3,(H2,23,24,26). The smallest absolute Gasteiger partial charge is 0.191 e. The molecule has 2 N–H and O–H groups in total. The van der Waals surface area contributed by atoms with E-state index in [9.17, 15) is 0 Å². The lowest BCUT2D eigenvalue weighted by atomic mass is 10.1. The lowest BCUT2D eigenvalue weighted by Gasteiger charge is -2.25. The first-order valence-electron chi connectivity index (χ1n) is 10.9. The molecule has 1 aliphatic heterocycles. The van der Waals surface area contributed by atoms with Crippen molar-refractivity contribution in [2.75, 3.05) is 14.2 Å². The van der Waals surface area contributed by atoms with Gasteiger partial charge in [-0.25, -0.2) is 9.67 Å². The summed E-state index contributed by atoms with van der Waals surface area (Å²) in [6, 6.07) is 6.14. The molecule has 2 aromatic rings. The largest absolute Gasteiger partial charge is 0.493 e. The van der Waals surface area contributed by atoms with Gasteiger partial charge in [0.25, 0.3) is 0 Å². The summed E-state index contributed by atoms with van der Waals surface area (Å²) < 4.78 is 13.9. The van der Waals surface area contributed by atoms with Gasteiger partial charge in [-0.1, -0.05) is 12.1 Å². The highest BCUT2D eigenvalue weighted by Gasteiger charge is 2.25. The van der Waals surface area contributed by atoms with Gasteiger partial charge in [0.05, 0.1) is 19.3 Å². The van der Waals surface area contributed by atoms with E-state index >= 15 is 0 Å². The Bertz CT molecular complexity index is 888. The Morgan fingerprint density at radius 1 is 1.23 bits per heavy atom. The van der Waals surface area contributed by atoms with Crippen molar-refractivity contribution in [3.8, 4) is 11.5 Å². The summed E-state index contributed by atoms with van der Waals surface area (Å²) in [6.07, 6.45) is 7.03. The molecule has 0 saturated heterocycles. The molecule has 8 nitrogen and oxygen atoms in total. The fourth-order valence-corrected chi connectivity index (χ4v) is 4.31. The fraction of sp³-hybridized carbons (Fsp3) is 0.591. The molecule has 2 aliphatic rings. The lowest BCUT2D eigenvalue weighted by molar-refractivity contribution is 0.198. The number of benzene rings is 1. The van der Waals surface area contributed by atoms with Gasteiger partial charge in [-0.05, 0) is 51.5 Å². The first-order valence-corrected chi connectivity index (χ1v) is 10.9. The van der Waals surface area contributed by atoms with Gasteiger partial charge in [0.2, 0.25) is 0 Å². The second kappa shape index (κ2) is 9.36. The van der Waals surface area contributed by atoms with E-state index in [1.165, 1.54) is 12.8 Å². The highest BCUT2D eigenvalue weighted by molar-refractivity contribution is 5.80. The molecule has 0 radical (unpaired) electrons. The Labute approximate surface area is 178 Å². The van der Waals surface area contributed by atoms with E-state index in [4.69, 9.17) is 9.47 Å². The van der Waals surface area contributed by atoms with Crippen molar-refractivity contribution in [3.63, 3.8) is 0 Å². The summed E-state index contributed by atoms with van der Waals surface area (Å²) >= 11 is 0. The molecule has 30 heavy (non-hydrogen) atoms. The monoisotopic (exact) mass is 412 g/mol. The van der Waals surface area contributed by atoms with E-state index in [0.29, 0.717) is 6.54 Å². The highest BCUT2D eigenvalue weighted by atomic mass is 16.5. The van der Waals surface area contributed by atoms with Crippen molar-refractivity contribution in [3.05, 3.63) is 35.4 Å². The number of para-hydroxylation sites is 1. The number of nitrogens with one attached hydrogen (secondary N) is 2. The van der Waals surface area contributed by atoms with Gasteiger partial charge in [-0.3, -0.25) is 4.99 Å². The molecular weight excluding hydrogens is 380 g/mol. The Kier molecular flexibility index (Phi) is 6.40. The van der Waals surface area contributed by atoms with Gasteiger partial charge in [0, 0.05) is 25.7 Å². The Morgan fingerprint density at radius 3 is 2.83 bits per heavy atom. The van der Waals surface area contributed by atoms with Crippen molar-refractivity contribution >= 4 is 5.96 Å². The predicted molar refractivity (Wildman–Crippen MR) is 116 cm³/mol. The number of aryl methyl sites for hydroxylation is 2. The maximum absolute atomic E-state index is 6.35. The number of rotatable bonds is 6. The average molecular weight is 413 g/mol.